The van der Waals surface area contributed by atoms with Crippen molar-refractivity contribution in [2.75, 3.05) is 6.61 Å². The Bertz CT molecular complexity index is 955. The van der Waals surface area contributed by atoms with Crippen LogP contribution >= 0.6 is 11.3 Å². The number of aryl methyl sites for hydroxylation is 3. The molecule has 0 atom stereocenters. The maximum Gasteiger partial charge on any atom is 0.251 e. The minimum absolute atomic E-state index is 0.154. The van der Waals surface area contributed by atoms with E-state index in [1.807, 2.05) is 30.3 Å². The molecular formula is C20H22N2O2S. The van der Waals surface area contributed by atoms with Crippen LogP contribution in [0.25, 0.3) is 10.2 Å². The smallest absolute Gasteiger partial charge is 0.251 e. The van der Waals surface area contributed by atoms with Crippen molar-refractivity contribution in [2.24, 2.45) is 4.99 Å². The molecule has 0 bridgehead atoms. The third-order valence-electron chi connectivity index (χ3n) is 3.98. The third-order valence-corrected chi connectivity index (χ3v) is 5.21. The van der Waals surface area contributed by atoms with E-state index < -0.39 is 0 Å². The van der Waals surface area contributed by atoms with Crippen molar-refractivity contribution in [1.29, 1.82) is 0 Å². The van der Waals surface area contributed by atoms with E-state index in [1.54, 1.807) is 11.3 Å². The first-order chi connectivity index (χ1) is 12.1. The van der Waals surface area contributed by atoms with Gasteiger partial charge in [-0.2, -0.15) is 4.99 Å². The Kier molecular flexibility index (Phi) is 5.34. The van der Waals surface area contributed by atoms with E-state index in [1.165, 1.54) is 15.8 Å². The van der Waals surface area contributed by atoms with Crippen molar-refractivity contribution in [1.82, 2.24) is 4.57 Å². The van der Waals surface area contributed by atoms with Gasteiger partial charge >= 0.3 is 0 Å². The topological polar surface area (TPSA) is 43.6 Å². The van der Waals surface area contributed by atoms with Crippen LogP contribution in [0.1, 0.15) is 24.5 Å². The van der Waals surface area contributed by atoms with Crippen LogP contribution in [-0.2, 0) is 11.3 Å². The molecule has 25 heavy (non-hydrogen) atoms. The van der Waals surface area contributed by atoms with Gasteiger partial charge in [0.25, 0.3) is 5.91 Å². The average Bonchev–Trinajstić information content (AvgIpc) is 2.93. The molecule has 0 unspecified atom stereocenters. The van der Waals surface area contributed by atoms with Crippen LogP contribution in [0.3, 0.4) is 0 Å². The number of ether oxygens (including phenoxy) is 1. The number of para-hydroxylation sites is 1. The summed E-state index contributed by atoms with van der Waals surface area (Å²) < 4.78 is 8.88. The van der Waals surface area contributed by atoms with Crippen LogP contribution in [0.2, 0.25) is 0 Å². The van der Waals surface area contributed by atoms with Crippen LogP contribution < -0.4 is 9.54 Å². The van der Waals surface area contributed by atoms with Gasteiger partial charge in [0.1, 0.15) is 5.75 Å². The number of thiazole rings is 1. The van der Waals surface area contributed by atoms with E-state index in [0.29, 0.717) is 6.61 Å². The second kappa shape index (κ2) is 7.66. The van der Waals surface area contributed by atoms with E-state index in [-0.39, 0.29) is 12.3 Å². The number of nitrogens with zero attached hydrogens (tertiary/aromatic N) is 2. The highest BCUT2D eigenvalue weighted by molar-refractivity contribution is 7.16. The molecule has 0 aliphatic heterocycles. The maximum atomic E-state index is 12.2. The fourth-order valence-electron chi connectivity index (χ4n) is 2.84. The highest BCUT2D eigenvalue weighted by Crippen LogP contribution is 2.23. The Hall–Kier alpha value is -2.40. The Balaban J connectivity index is 1.80. The standard InChI is InChI=1S/C20H22N2O2S/c1-4-22-17-13-14(2)12-15(3)19(17)25-20(22)21-18(23)10-11-24-16-8-6-5-7-9-16/h5-9,12-13H,4,10-11H2,1-3H3. The number of carbonyl (C=O) groups excluding carboxylic acids is 1. The quantitative estimate of drug-likeness (QED) is 0.688. The summed E-state index contributed by atoms with van der Waals surface area (Å²) in [5.74, 6) is 0.617. The molecule has 1 amide bonds. The molecule has 5 heteroatoms. The van der Waals surface area contributed by atoms with E-state index in [4.69, 9.17) is 4.74 Å². The molecule has 0 N–H and O–H groups in total. The number of benzene rings is 2. The SMILES string of the molecule is CCn1c(=NC(=O)CCOc2ccccc2)sc2c(C)cc(C)cc21. The van der Waals surface area contributed by atoms with Gasteiger partial charge < -0.3 is 9.30 Å². The lowest BCUT2D eigenvalue weighted by Crippen LogP contribution is -2.16. The lowest BCUT2D eigenvalue weighted by atomic mass is 10.1. The van der Waals surface area contributed by atoms with Crippen LogP contribution in [0, 0.1) is 13.8 Å². The van der Waals surface area contributed by atoms with Crippen LogP contribution in [0.15, 0.2) is 47.5 Å². The van der Waals surface area contributed by atoms with Crippen molar-refractivity contribution in [3.63, 3.8) is 0 Å². The Labute approximate surface area is 151 Å². The average molecular weight is 354 g/mol. The predicted molar refractivity (Wildman–Crippen MR) is 102 cm³/mol. The summed E-state index contributed by atoms with van der Waals surface area (Å²) in [7, 11) is 0. The number of rotatable bonds is 5. The zero-order chi connectivity index (χ0) is 17.8. The zero-order valence-electron chi connectivity index (χ0n) is 14.8. The largest absolute Gasteiger partial charge is 0.493 e. The molecule has 130 valence electrons. The molecule has 0 spiro atoms. The van der Waals surface area contributed by atoms with Crippen LogP contribution in [0.4, 0.5) is 0 Å². The first-order valence-corrected chi connectivity index (χ1v) is 9.26. The number of carbonyl (C=O) groups is 1. The minimum Gasteiger partial charge on any atom is -0.493 e. The van der Waals surface area contributed by atoms with E-state index in [2.05, 4.69) is 42.5 Å². The fraction of sp³-hybridized carbons (Fsp3) is 0.300. The van der Waals surface area contributed by atoms with E-state index >= 15 is 0 Å². The van der Waals surface area contributed by atoms with Crippen molar-refractivity contribution >= 4 is 27.5 Å². The lowest BCUT2D eigenvalue weighted by Gasteiger charge is -2.04. The summed E-state index contributed by atoms with van der Waals surface area (Å²) in [6.45, 7) is 7.39. The number of fused-ring (bicyclic) bond motifs is 1. The van der Waals surface area contributed by atoms with Crippen molar-refractivity contribution in [3.8, 4) is 5.75 Å². The summed E-state index contributed by atoms with van der Waals surface area (Å²) in [6.07, 6.45) is 0.269. The molecule has 2 aromatic carbocycles. The molecule has 0 saturated heterocycles. The summed E-state index contributed by atoms with van der Waals surface area (Å²) in [5, 5.41) is 0. The molecule has 0 radical (unpaired) electrons. The minimum atomic E-state index is -0.154. The summed E-state index contributed by atoms with van der Waals surface area (Å²) in [6, 6.07) is 13.8. The highest BCUT2D eigenvalue weighted by atomic mass is 32.1. The summed E-state index contributed by atoms with van der Waals surface area (Å²) in [4.78, 5) is 17.3. The zero-order valence-corrected chi connectivity index (χ0v) is 15.6. The van der Waals surface area contributed by atoms with Gasteiger partial charge in [-0.3, -0.25) is 4.79 Å². The van der Waals surface area contributed by atoms with Gasteiger partial charge in [-0.25, -0.2) is 0 Å². The van der Waals surface area contributed by atoms with E-state index in [9.17, 15) is 4.79 Å². The first kappa shape index (κ1) is 17.4. The molecular weight excluding hydrogens is 332 g/mol. The molecule has 0 aliphatic rings. The molecule has 1 aromatic heterocycles. The Morgan fingerprint density at radius 2 is 1.96 bits per heavy atom. The fourth-order valence-corrected chi connectivity index (χ4v) is 4.00. The highest BCUT2D eigenvalue weighted by Gasteiger charge is 2.09. The van der Waals surface area contributed by atoms with Gasteiger partial charge in [0.15, 0.2) is 4.80 Å². The molecule has 0 saturated carbocycles. The first-order valence-electron chi connectivity index (χ1n) is 8.44. The second-order valence-electron chi connectivity index (χ2n) is 5.98. The van der Waals surface area contributed by atoms with E-state index in [0.717, 1.165) is 22.6 Å². The molecule has 0 aliphatic carbocycles. The third kappa shape index (κ3) is 3.99. The van der Waals surface area contributed by atoms with Gasteiger partial charge in [0.2, 0.25) is 0 Å². The maximum absolute atomic E-state index is 12.2. The van der Waals surface area contributed by atoms with Gasteiger partial charge in [-0.15, -0.1) is 0 Å². The van der Waals surface area contributed by atoms with Gasteiger partial charge in [-0.1, -0.05) is 35.6 Å². The van der Waals surface area contributed by atoms with Crippen molar-refractivity contribution in [3.05, 3.63) is 58.4 Å². The molecule has 3 aromatic rings. The molecule has 3 rings (SSSR count). The number of amides is 1. The second-order valence-corrected chi connectivity index (χ2v) is 6.95. The number of aromatic nitrogens is 1. The predicted octanol–water partition coefficient (Wildman–Crippen LogP) is 4.24. The van der Waals surface area contributed by atoms with Crippen molar-refractivity contribution < 1.29 is 9.53 Å². The van der Waals surface area contributed by atoms with Gasteiger partial charge in [-0.05, 0) is 50.1 Å². The summed E-state index contributed by atoms with van der Waals surface area (Å²) in [5.41, 5.74) is 3.60. The lowest BCUT2D eigenvalue weighted by molar-refractivity contribution is -0.118. The Morgan fingerprint density at radius 3 is 2.68 bits per heavy atom. The normalized spacial score (nSPS) is 11.9. The number of hydrogen-bond donors (Lipinski definition) is 0. The Morgan fingerprint density at radius 1 is 1.20 bits per heavy atom. The van der Waals surface area contributed by atoms with Gasteiger partial charge in [0, 0.05) is 6.54 Å². The summed E-state index contributed by atoms with van der Waals surface area (Å²) >= 11 is 1.58. The molecule has 1 heterocycles. The molecule has 0 fully saturated rings. The monoisotopic (exact) mass is 354 g/mol. The van der Waals surface area contributed by atoms with Crippen molar-refractivity contribution in [2.45, 2.75) is 33.7 Å². The van der Waals surface area contributed by atoms with Gasteiger partial charge in [0.05, 0.1) is 23.2 Å². The van der Waals surface area contributed by atoms with Crippen LogP contribution in [0.5, 0.6) is 5.75 Å². The molecule has 4 nitrogen and oxygen atoms in total. The number of hydrogen-bond acceptors (Lipinski definition) is 3. The van der Waals surface area contributed by atoms with Crippen LogP contribution in [-0.4, -0.2) is 17.1 Å².